The summed E-state index contributed by atoms with van der Waals surface area (Å²) in [6.07, 6.45) is 9.31. The van der Waals surface area contributed by atoms with E-state index >= 15 is 0 Å². The normalized spacial score (nSPS) is 17.9. The lowest BCUT2D eigenvalue weighted by atomic mass is 9.63. The molecule has 2 aromatic rings. The van der Waals surface area contributed by atoms with Gasteiger partial charge in [-0.2, -0.15) is 0 Å². The summed E-state index contributed by atoms with van der Waals surface area (Å²) >= 11 is 0. The highest BCUT2D eigenvalue weighted by Gasteiger charge is 2.36. The number of aryl methyl sites for hydroxylation is 1. The molecule has 0 heterocycles. The lowest BCUT2D eigenvalue weighted by molar-refractivity contribution is -0.131. The molecule has 3 rings (SSSR count). The lowest BCUT2D eigenvalue weighted by Crippen LogP contribution is -2.33. The number of hydrogen-bond acceptors (Lipinski definition) is 1. The van der Waals surface area contributed by atoms with Crippen molar-refractivity contribution in [2.45, 2.75) is 64.2 Å². The maximum atomic E-state index is 11.0. The SMILES string of the molecule is CC1(C)CCC(C)(C)c2cc(CCC=C(C=CC(=O)O)c3ccccc3)ccc21. The van der Waals surface area contributed by atoms with Gasteiger partial charge in [-0.15, -0.1) is 0 Å². The Bertz CT molecular complexity index is 930. The third-order valence-electron chi connectivity index (χ3n) is 6.23. The van der Waals surface area contributed by atoms with Crippen LogP contribution in [-0.4, -0.2) is 11.1 Å². The van der Waals surface area contributed by atoms with Crippen LogP contribution in [-0.2, 0) is 22.0 Å². The first-order valence-corrected chi connectivity index (χ1v) is 10.5. The first-order chi connectivity index (χ1) is 13.7. The van der Waals surface area contributed by atoms with Crippen molar-refractivity contribution in [2.24, 2.45) is 0 Å². The third kappa shape index (κ3) is 5.06. The van der Waals surface area contributed by atoms with Crippen LogP contribution in [0.25, 0.3) is 5.57 Å². The Labute approximate surface area is 175 Å². The van der Waals surface area contributed by atoms with Gasteiger partial charge in [0.1, 0.15) is 0 Å². The molecule has 0 aliphatic heterocycles. The average Bonchev–Trinajstić information content (AvgIpc) is 2.68. The van der Waals surface area contributed by atoms with Crippen LogP contribution in [0.5, 0.6) is 0 Å². The van der Waals surface area contributed by atoms with Gasteiger partial charge in [-0.25, -0.2) is 4.79 Å². The van der Waals surface area contributed by atoms with E-state index in [1.54, 1.807) is 6.08 Å². The van der Waals surface area contributed by atoms with Gasteiger partial charge < -0.3 is 5.11 Å². The van der Waals surface area contributed by atoms with E-state index in [0.717, 1.165) is 24.0 Å². The standard InChI is InChI=1S/C27H32O2/c1-26(2)17-18-27(3,4)24-19-20(13-15-23(24)26)9-8-12-22(14-16-25(28)29)21-10-6-5-7-11-21/h5-7,10-16,19H,8-9,17-18H2,1-4H3,(H,28,29). The minimum absolute atomic E-state index is 0.218. The molecule has 2 heteroatoms. The Hall–Kier alpha value is -2.61. The fraction of sp³-hybridized carbons (Fsp3) is 0.370. The average molecular weight is 389 g/mol. The van der Waals surface area contributed by atoms with Gasteiger partial charge in [0.25, 0.3) is 0 Å². The first kappa shape index (κ1) is 21.1. The number of aliphatic carboxylic acids is 1. The second-order valence-electron chi connectivity index (χ2n) is 9.38. The van der Waals surface area contributed by atoms with Crippen LogP contribution < -0.4 is 0 Å². The molecule has 1 N–H and O–H groups in total. The topological polar surface area (TPSA) is 37.3 Å². The summed E-state index contributed by atoms with van der Waals surface area (Å²) in [5.74, 6) is -0.925. The molecule has 0 saturated heterocycles. The summed E-state index contributed by atoms with van der Waals surface area (Å²) in [7, 11) is 0. The van der Waals surface area contributed by atoms with Crippen molar-refractivity contribution in [3.05, 3.63) is 89.0 Å². The quantitative estimate of drug-likeness (QED) is 0.442. The molecule has 0 unspecified atom stereocenters. The minimum Gasteiger partial charge on any atom is -0.478 e. The third-order valence-corrected chi connectivity index (χ3v) is 6.23. The van der Waals surface area contributed by atoms with E-state index in [4.69, 9.17) is 5.11 Å². The fourth-order valence-electron chi connectivity index (χ4n) is 4.26. The zero-order chi connectivity index (χ0) is 21.1. The van der Waals surface area contributed by atoms with E-state index in [9.17, 15) is 4.79 Å². The second kappa shape index (κ2) is 8.41. The van der Waals surface area contributed by atoms with Crippen LogP contribution in [0.4, 0.5) is 0 Å². The van der Waals surface area contributed by atoms with Crippen molar-refractivity contribution in [1.29, 1.82) is 0 Å². The molecule has 2 aromatic carbocycles. The van der Waals surface area contributed by atoms with E-state index in [-0.39, 0.29) is 10.8 Å². The predicted molar refractivity (Wildman–Crippen MR) is 121 cm³/mol. The summed E-state index contributed by atoms with van der Waals surface area (Å²) in [6.45, 7) is 9.42. The van der Waals surface area contributed by atoms with Gasteiger partial charge in [-0.3, -0.25) is 0 Å². The number of allylic oxidation sites excluding steroid dienone is 3. The van der Waals surface area contributed by atoms with Crippen LogP contribution in [0.3, 0.4) is 0 Å². The van der Waals surface area contributed by atoms with Crippen molar-refractivity contribution >= 4 is 11.5 Å². The highest BCUT2D eigenvalue weighted by molar-refractivity contribution is 5.85. The molecule has 1 aliphatic rings. The molecule has 0 aromatic heterocycles. The Morgan fingerprint density at radius 1 is 0.931 bits per heavy atom. The van der Waals surface area contributed by atoms with Gasteiger partial charge >= 0.3 is 5.97 Å². The van der Waals surface area contributed by atoms with Crippen LogP contribution >= 0.6 is 0 Å². The number of fused-ring (bicyclic) bond motifs is 1. The van der Waals surface area contributed by atoms with Crippen molar-refractivity contribution in [3.63, 3.8) is 0 Å². The zero-order valence-electron chi connectivity index (χ0n) is 18.0. The molecule has 0 amide bonds. The van der Waals surface area contributed by atoms with E-state index in [1.807, 2.05) is 30.3 Å². The molecule has 0 radical (unpaired) electrons. The molecule has 0 saturated carbocycles. The molecule has 1 aliphatic carbocycles. The molecular weight excluding hydrogens is 356 g/mol. The Morgan fingerprint density at radius 3 is 2.24 bits per heavy atom. The Kier molecular flexibility index (Phi) is 6.12. The second-order valence-corrected chi connectivity index (χ2v) is 9.38. The summed E-state index contributed by atoms with van der Waals surface area (Å²) in [5.41, 5.74) is 6.78. The molecule has 29 heavy (non-hydrogen) atoms. The zero-order valence-corrected chi connectivity index (χ0v) is 18.0. The van der Waals surface area contributed by atoms with Crippen LogP contribution in [0.2, 0.25) is 0 Å². The van der Waals surface area contributed by atoms with Gasteiger partial charge in [0.2, 0.25) is 0 Å². The predicted octanol–water partition coefficient (Wildman–Crippen LogP) is 6.69. The van der Waals surface area contributed by atoms with Gasteiger partial charge in [0, 0.05) is 6.08 Å². The van der Waals surface area contributed by atoms with E-state index < -0.39 is 5.97 Å². The van der Waals surface area contributed by atoms with Gasteiger partial charge in [0.15, 0.2) is 0 Å². The van der Waals surface area contributed by atoms with Crippen LogP contribution in [0.15, 0.2) is 66.8 Å². The molecule has 0 bridgehead atoms. The summed E-state index contributed by atoms with van der Waals surface area (Å²) < 4.78 is 0. The first-order valence-electron chi connectivity index (χ1n) is 10.5. The number of benzene rings is 2. The number of rotatable bonds is 6. The monoisotopic (exact) mass is 388 g/mol. The van der Waals surface area contributed by atoms with E-state index in [0.29, 0.717) is 0 Å². The molecule has 0 spiro atoms. The van der Waals surface area contributed by atoms with Gasteiger partial charge in [-0.05, 0) is 70.4 Å². The molecular formula is C27H32O2. The van der Waals surface area contributed by atoms with Crippen LogP contribution in [0.1, 0.15) is 69.2 Å². The van der Waals surface area contributed by atoms with Gasteiger partial charge in [0.05, 0.1) is 0 Å². The highest BCUT2D eigenvalue weighted by atomic mass is 16.4. The number of carbonyl (C=O) groups is 1. The summed E-state index contributed by atoms with van der Waals surface area (Å²) in [4.78, 5) is 11.0. The summed E-state index contributed by atoms with van der Waals surface area (Å²) in [6, 6.07) is 17.0. The lowest BCUT2D eigenvalue weighted by Gasteiger charge is -2.42. The molecule has 0 fully saturated rings. The largest absolute Gasteiger partial charge is 0.478 e. The van der Waals surface area contributed by atoms with Crippen molar-refractivity contribution in [2.75, 3.05) is 0 Å². The van der Waals surface area contributed by atoms with Gasteiger partial charge in [-0.1, -0.05) is 82.3 Å². The Morgan fingerprint density at radius 2 is 1.59 bits per heavy atom. The fourth-order valence-corrected chi connectivity index (χ4v) is 4.26. The van der Waals surface area contributed by atoms with E-state index in [1.165, 1.54) is 35.6 Å². The smallest absolute Gasteiger partial charge is 0.328 e. The van der Waals surface area contributed by atoms with Crippen molar-refractivity contribution in [3.8, 4) is 0 Å². The maximum Gasteiger partial charge on any atom is 0.328 e. The minimum atomic E-state index is -0.925. The molecule has 0 atom stereocenters. The molecule has 152 valence electrons. The molecule has 2 nitrogen and oxygen atoms in total. The van der Waals surface area contributed by atoms with Crippen molar-refractivity contribution in [1.82, 2.24) is 0 Å². The highest BCUT2D eigenvalue weighted by Crippen LogP contribution is 2.45. The number of carboxylic acids is 1. The number of hydrogen-bond donors (Lipinski definition) is 1. The van der Waals surface area contributed by atoms with Crippen LogP contribution in [0, 0.1) is 0 Å². The summed E-state index contributed by atoms with van der Waals surface area (Å²) in [5, 5.41) is 9.00. The van der Waals surface area contributed by atoms with E-state index in [2.05, 4.69) is 52.0 Å². The maximum absolute atomic E-state index is 11.0. The van der Waals surface area contributed by atoms with Crippen molar-refractivity contribution < 1.29 is 9.90 Å². The Balaban J connectivity index is 1.82. The number of carboxylic acid groups (broad SMARTS) is 1.